The molecule has 0 saturated carbocycles. The molecule has 6 heteroatoms. The quantitative estimate of drug-likeness (QED) is 0.135. The van der Waals surface area contributed by atoms with Gasteiger partial charge in [-0.2, -0.15) is 0 Å². The molecule has 1 heterocycles. The normalized spacial score (nSPS) is 14.6. The maximum absolute atomic E-state index is 13.2. The Balaban J connectivity index is 0.00000462. The van der Waals surface area contributed by atoms with Gasteiger partial charge in [-0.3, -0.25) is 4.79 Å². The van der Waals surface area contributed by atoms with E-state index in [9.17, 15) is 4.79 Å². The number of unbranched alkanes of at least 4 members (excludes halogenated alkanes) is 5. The maximum atomic E-state index is 13.2. The Morgan fingerprint density at radius 3 is 1.90 bits per heavy atom. The van der Waals surface area contributed by atoms with Crippen LogP contribution in [0.5, 0.6) is 11.5 Å². The van der Waals surface area contributed by atoms with Crippen LogP contribution in [0.1, 0.15) is 62.5 Å². The minimum Gasteiger partial charge on any atom is -1.00 e. The fraction of sp³-hybridized carbons (Fsp3) is 0.457. The number of likely N-dealkylation sites (tertiary alicyclic amines) is 1. The first-order valence-corrected chi connectivity index (χ1v) is 15.2. The van der Waals surface area contributed by atoms with Crippen LogP contribution >= 0.6 is 0 Å². The van der Waals surface area contributed by atoms with Gasteiger partial charge in [-0.1, -0.05) is 86.3 Å². The zero-order chi connectivity index (χ0) is 27.9. The van der Waals surface area contributed by atoms with Gasteiger partial charge in [0.05, 0.1) is 26.7 Å². The van der Waals surface area contributed by atoms with Crippen molar-refractivity contribution in [1.29, 1.82) is 0 Å². The van der Waals surface area contributed by atoms with Gasteiger partial charge >= 0.3 is 0 Å². The monoisotopic (exact) mass is 670 g/mol. The van der Waals surface area contributed by atoms with Gasteiger partial charge in [0.1, 0.15) is 18.1 Å². The second kappa shape index (κ2) is 18.1. The first-order valence-electron chi connectivity index (χ1n) is 15.2. The molecule has 1 saturated heterocycles. The smallest absolute Gasteiger partial charge is 0.278 e. The van der Waals surface area contributed by atoms with Crippen LogP contribution in [0, 0.1) is 0 Å². The molecule has 1 aliphatic rings. The Labute approximate surface area is 264 Å². The number of carbonyl (C=O) groups excluding carboxylic acids is 1. The summed E-state index contributed by atoms with van der Waals surface area (Å²) in [7, 11) is 2.26. The van der Waals surface area contributed by atoms with E-state index < -0.39 is 0 Å². The van der Waals surface area contributed by atoms with Gasteiger partial charge in [0.2, 0.25) is 0 Å². The number of hydrogen-bond donors (Lipinski definition) is 1. The van der Waals surface area contributed by atoms with Gasteiger partial charge in [0.25, 0.3) is 5.91 Å². The number of likely N-dealkylation sites (N-methyl/N-ethyl adjacent to an activating group) is 1. The van der Waals surface area contributed by atoms with Gasteiger partial charge in [0, 0.05) is 25.8 Å². The first kappa shape index (κ1) is 32.9. The van der Waals surface area contributed by atoms with Crippen molar-refractivity contribution in [2.75, 3.05) is 33.3 Å². The van der Waals surface area contributed by atoms with Gasteiger partial charge in [0.15, 0.2) is 6.04 Å². The summed E-state index contributed by atoms with van der Waals surface area (Å²) < 4.78 is 12.6. The molecule has 0 aliphatic carbocycles. The summed E-state index contributed by atoms with van der Waals surface area (Å²) in [6, 6.07) is 28.5. The SMILES string of the molecule is C[N+]1(C(Cc2ccccc2)C(=O)NCCCCCCCCOc2ccc(OCc3ccccc3)cc2)CCCC1.[I-]. The first-order chi connectivity index (χ1) is 19.6. The lowest BCUT2D eigenvalue weighted by atomic mass is 10.0. The van der Waals surface area contributed by atoms with Gasteiger partial charge in [-0.05, 0) is 48.2 Å². The molecule has 0 aromatic heterocycles. The van der Waals surface area contributed by atoms with E-state index in [0.29, 0.717) is 6.61 Å². The van der Waals surface area contributed by atoms with Crippen molar-refractivity contribution in [3.8, 4) is 11.5 Å². The zero-order valence-corrected chi connectivity index (χ0v) is 26.8. The van der Waals surface area contributed by atoms with E-state index in [1.807, 2.05) is 48.5 Å². The summed E-state index contributed by atoms with van der Waals surface area (Å²) >= 11 is 0. The number of nitrogens with one attached hydrogen (secondary N) is 1. The number of ether oxygens (including phenoxy) is 2. The Hall–Kier alpha value is -2.58. The summed E-state index contributed by atoms with van der Waals surface area (Å²) in [5, 5.41) is 3.27. The molecule has 1 unspecified atom stereocenters. The largest absolute Gasteiger partial charge is 1.00 e. The average Bonchev–Trinajstić information content (AvgIpc) is 3.44. The van der Waals surface area contributed by atoms with E-state index in [1.54, 1.807) is 0 Å². The number of amides is 1. The summed E-state index contributed by atoms with van der Waals surface area (Å²) in [6.07, 6.45) is 10.1. The highest BCUT2D eigenvalue weighted by Gasteiger charge is 2.40. The highest BCUT2D eigenvalue weighted by atomic mass is 127. The fourth-order valence-corrected chi connectivity index (χ4v) is 5.63. The predicted molar refractivity (Wildman–Crippen MR) is 163 cm³/mol. The highest BCUT2D eigenvalue weighted by molar-refractivity contribution is 5.81. The van der Waals surface area contributed by atoms with E-state index in [-0.39, 0.29) is 35.9 Å². The lowest BCUT2D eigenvalue weighted by molar-refractivity contribution is -0.913. The summed E-state index contributed by atoms with van der Waals surface area (Å²) in [6.45, 7) is 4.28. The van der Waals surface area contributed by atoms with Crippen LogP contribution in [0.3, 0.4) is 0 Å². The molecule has 4 rings (SSSR count). The van der Waals surface area contributed by atoms with Crippen molar-refractivity contribution in [2.24, 2.45) is 0 Å². The van der Waals surface area contributed by atoms with Crippen molar-refractivity contribution in [3.63, 3.8) is 0 Å². The molecule has 3 aromatic carbocycles. The number of nitrogens with zero attached hydrogens (tertiary/aromatic N) is 1. The maximum Gasteiger partial charge on any atom is 0.278 e. The molecule has 1 fully saturated rings. The number of rotatable bonds is 17. The third-order valence-corrected chi connectivity index (χ3v) is 8.13. The molecule has 0 radical (unpaired) electrons. The van der Waals surface area contributed by atoms with E-state index in [0.717, 1.165) is 73.5 Å². The number of hydrogen-bond acceptors (Lipinski definition) is 3. The molecule has 1 amide bonds. The molecule has 1 aliphatic heterocycles. The predicted octanol–water partition coefficient (Wildman–Crippen LogP) is 3.96. The van der Waals surface area contributed by atoms with Crippen molar-refractivity contribution >= 4 is 5.91 Å². The second-order valence-electron chi connectivity index (χ2n) is 11.3. The number of carbonyl (C=O) groups is 1. The van der Waals surface area contributed by atoms with Crippen LogP contribution < -0.4 is 38.8 Å². The van der Waals surface area contributed by atoms with Crippen molar-refractivity contribution in [3.05, 3.63) is 96.1 Å². The number of quaternary nitrogens is 1. The lowest BCUT2D eigenvalue weighted by Crippen LogP contribution is -3.00. The Bertz CT molecular complexity index is 1120. The van der Waals surface area contributed by atoms with Gasteiger partial charge in [-0.25, -0.2) is 0 Å². The Morgan fingerprint density at radius 1 is 0.732 bits per heavy atom. The Kier molecular flexibility index (Phi) is 14.5. The van der Waals surface area contributed by atoms with Gasteiger partial charge in [-0.15, -0.1) is 0 Å². The van der Waals surface area contributed by atoms with Crippen LogP contribution in [-0.4, -0.2) is 49.7 Å². The molecule has 1 atom stereocenters. The van der Waals surface area contributed by atoms with Crippen LogP contribution in [0.4, 0.5) is 0 Å². The number of benzene rings is 3. The van der Waals surface area contributed by atoms with Crippen molar-refractivity contribution < 1.29 is 42.7 Å². The highest BCUT2D eigenvalue weighted by Crippen LogP contribution is 2.24. The lowest BCUT2D eigenvalue weighted by Gasteiger charge is -2.37. The molecule has 5 nitrogen and oxygen atoms in total. The summed E-state index contributed by atoms with van der Waals surface area (Å²) in [4.78, 5) is 13.2. The summed E-state index contributed by atoms with van der Waals surface area (Å²) in [5.74, 6) is 1.96. The Morgan fingerprint density at radius 2 is 1.27 bits per heavy atom. The topological polar surface area (TPSA) is 47.6 Å². The van der Waals surface area contributed by atoms with Crippen LogP contribution in [-0.2, 0) is 17.8 Å². The van der Waals surface area contributed by atoms with Crippen LogP contribution in [0.25, 0.3) is 0 Å². The molecule has 0 bridgehead atoms. The molecule has 3 aromatic rings. The minimum atomic E-state index is 0. The number of halogens is 1. The summed E-state index contributed by atoms with van der Waals surface area (Å²) in [5.41, 5.74) is 2.41. The third kappa shape index (κ3) is 11.3. The molecule has 222 valence electrons. The molecule has 41 heavy (non-hydrogen) atoms. The van der Waals surface area contributed by atoms with E-state index in [2.05, 4.69) is 48.8 Å². The van der Waals surface area contributed by atoms with E-state index in [1.165, 1.54) is 37.7 Å². The van der Waals surface area contributed by atoms with Gasteiger partial charge < -0.3 is 43.3 Å². The molecular formula is C35H47IN2O3. The van der Waals surface area contributed by atoms with Crippen LogP contribution in [0.15, 0.2) is 84.9 Å². The standard InChI is InChI=1S/C35H46N2O3.HI/c1-37(25-13-14-26-37)34(28-30-16-8-6-9-17-30)35(38)36-24-12-4-2-3-5-15-27-39-32-20-22-33(23-21-32)40-29-31-18-10-7-11-19-31;/h6-11,16-23,34H,2-5,12-15,24-29H2,1H3;1H. The molecule has 0 spiro atoms. The van der Waals surface area contributed by atoms with Crippen LogP contribution in [0.2, 0.25) is 0 Å². The molecular weight excluding hydrogens is 623 g/mol. The van der Waals surface area contributed by atoms with E-state index in [4.69, 9.17) is 9.47 Å². The van der Waals surface area contributed by atoms with Crippen molar-refractivity contribution in [2.45, 2.75) is 70.4 Å². The average molecular weight is 671 g/mol. The fourth-order valence-electron chi connectivity index (χ4n) is 5.63. The third-order valence-electron chi connectivity index (χ3n) is 8.13. The second-order valence-corrected chi connectivity index (χ2v) is 11.3. The van der Waals surface area contributed by atoms with E-state index >= 15 is 0 Å². The molecule has 1 N–H and O–H groups in total. The minimum absolute atomic E-state index is 0. The van der Waals surface area contributed by atoms with Crippen molar-refractivity contribution in [1.82, 2.24) is 5.32 Å². The zero-order valence-electron chi connectivity index (χ0n) is 24.6.